The van der Waals surface area contributed by atoms with Crippen LogP contribution in [0, 0.1) is 6.92 Å². The van der Waals surface area contributed by atoms with Crippen molar-refractivity contribution in [2.45, 2.75) is 32.7 Å². The molecule has 2 rings (SSSR count). The van der Waals surface area contributed by atoms with Gasteiger partial charge < -0.3 is 5.32 Å². The van der Waals surface area contributed by atoms with Crippen LogP contribution < -0.4 is 5.32 Å². The summed E-state index contributed by atoms with van der Waals surface area (Å²) in [4.78, 5) is 1.44. The second kappa shape index (κ2) is 7.22. The first kappa shape index (κ1) is 14.8. The summed E-state index contributed by atoms with van der Waals surface area (Å²) in [6, 6.07) is 13.7. The van der Waals surface area contributed by atoms with E-state index in [9.17, 15) is 0 Å². The summed E-state index contributed by atoms with van der Waals surface area (Å²) < 4.78 is 1.22. The molecule has 0 radical (unpaired) electrons. The van der Waals surface area contributed by atoms with Crippen molar-refractivity contribution in [1.29, 1.82) is 0 Å². The van der Waals surface area contributed by atoms with E-state index >= 15 is 0 Å². The lowest BCUT2D eigenvalue weighted by Crippen LogP contribution is -2.32. The van der Waals surface area contributed by atoms with Gasteiger partial charge in [-0.1, -0.05) is 36.8 Å². The predicted molar refractivity (Wildman–Crippen MR) is 88.1 cm³/mol. The molecule has 0 fully saturated rings. The summed E-state index contributed by atoms with van der Waals surface area (Å²) in [7, 11) is 0. The monoisotopic (exact) mass is 337 g/mol. The van der Waals surface area contributed by atoms with Crippen molar-refractivity contribution in [3.8, 4) is 0 Å². The Morgan fingerprint density at radius 1 is 1.11 bits per heavy atom. The Labute approximate surface area is 128 Å². The molecule has 0 aliphatic carbocycles. The van der Waals surface area contributed by atoms with Gasteiger partial charge in [0.15, 0.2) is 0 Å². The molecular formula is C16H20BrNS. The Bertz CT molecular complexity index is 504. The van der Waals surface area contributed by atoms with E-state index in [1.54, 1.807) is 0 Å². The highest BCUT2D eigenvalue weighted by Crippen LogP contribution is 2.23. The van der Waals surface area contributed by atoms with E-state index in [0.29, 0.717) is 6.04 Å². The van der Waals surface area contributed by atoms with Gasteiger partial charge in [0.1, 0.15) is 0 Å². The van der Waals surface area contributed by atoms with Crippen molar-refractivity contribution in [2.24, 2.45) is 0 Å². The van der Waals surface area contributed by atoms with E-state index < -0.39 is 0 Å². The summed E-state index contributed by atoms with van der Waals surface area (Å²) in [6.45, 7) is 5.32. The maximum absolute atomic E-state index is 3.59. The number of thiophene rings is 1. The minimum atomic E-state index is 0.512. The summed E-state index contributed by atoms with van der Waals surface area (Å²) in [6.07, 6.45) is 2.18. The molecule has 1 heterocycles. The van der Waals surface area contributed by atoms with Gasteiger partial charge in [0.05, 0.1) is 3.79 Å². The quantitative estimate of drug-likeness (QED) is 0.813. The Kier molecular flexibility index (Phi) is 5.61. The maximum Gasteiger partial charge on any atom is 0.0701 e. The third kappa shape index (κ3) is 4.75. The van der Waals surface area contributed by atoms with E-state index in [1.165, 1.54) is 19.8 Å². The number of aryl methyl sites for hydroxylation is 1. The van der Waals surface area contributed by atoms with Crippen molar-refractivity contribution in [2.75, 3.05) is 6.54 Å². The van der Waals surface area contributed by atoms with Crippen LogP contribution in [-0.4, -0.2) is 12.6 Å². The van der Waals surface area contributed by atoms with Crippen molar-refractivity contribution < 1.29 is 0 Å². The lowest BCUT2D eigenvalue weighted by molar-refractivity contribution is 0.524. The SMILES string of the molecule is CCNC(Cc1ccc(C)cc1)Cc1ccc(Br)s1. The van der Waals surface area contributed by atoms with Crippen LogP contribution in [-0.2, 0) is 12.8 Å². The minimum absolute atomic E-state index is 0.512. The van der Waals surface area contributed by atoms with Crippen LogP contribution in [0.2, 0.25) is 0 Å². The topological polar surface area (TPSA) is 12.0 Å². The number of benzene rings is 1. The Morgan fingerprint density at radius 3 is 2.42 bits per heavy atom. The summed E-state index contributed by atoms with van der Waals surface area (Å²) in [5.74, 6) is 0. The molecule has 1 aromatic carbocycles. The Morgan fingerprint density at radius 2 is 1.84 bits per heavy atom. The van der Waals surface area contributed by atoms with Gasteiger partial charge in [0.25, 0.3) is 0 Å². The second-order valence-corrected chi connectivity index (χ2v) is 7.40. The van der Waals surface area contributed by atoms with E-state index in [4.69, 9.17) is 0 Å². The number of nitrogens with one attached hydrogen (secondary N) is 1. The second-order valence-electron chi connectivity index (χ2n) is 4.85. The molecule has 102 valence electrons. The molecule has 0 amide bonds. The van der Waals surface area contributed by atoms with E-state index in [2.05, 4.69) is 71.5 Å². The van der Waals surface area contributed by atoms with Gasteiger partial charge in [-0.3, -0.25) is 0 Å². The fourth-order valence-electron chi connectivity index (χ4n) is 2.22. The van der Waals surface area contributed by atoms with Crippen LogP contribution in [0.3, 0.4) is 0 Å². The van der Waals surface area contributed by atoms with Gasteiger partial charge in [0, 0.05) is 10.9 Å². The van der Waals surface area contributed by atoms with Crippen molar-refractivity contribution >= 4 is 27.3 Å². The number of hydrogen-bond donors (Lipinski definition) is 1. The van der Waals surface area contributed by atoms with Gasteiger partial charge in [-0.15, -0.1) is 11.3 Å². The fraction of sp³-hybridized carbons (Fsp3) is 0.375. The van der Waals surface area contributed by atoms with Crippen LogP contribution in [0.1, 0.15) is 22.9 Å². The average molecular weight is 338 g/mol. The number of likely N-dealkylation sites (N-methyl/N-ethyl adjacent to an activating group) is 1. The average Bonchev–Trinajstić information content (AvgIpc) is 2.78. The van der Waals surface area contributed by atoms with E-state index in [0.717, 1.165) is 19.4 Å². The number of halogens is 1. The van der Waals surface area contributed by atoms with Gasteiger partial charge in [0.2, 0.25) is 0 Å². The molecule has 3 heteroatoms. The van der Waals surface area contributed by atoms with Crippen LogP contribution >= 0.6 is 27.3 Å². The molecule has 2 aromatic rings. The highest BCUT2D eigenvalue weighted by atomic mass is 79.9. The molecule has 1 aromatic heterocycles. The van der Waals surface area contributed by atoms with Crippen LogP contribution in [0.15, 0.2) is 40.2 Å². The molecule has 0 bridgehead atoms. The van der Waals surface area contributed by atoms with Crippen molar-refractivity contribution in [3.63, 3.8) is 0 Å². The van der Waals surface area contributed by atoms with Crippen LogP contribution in [0.5, 0.6) is 0 Å². The summed E-state index contributed by atoms with van der Waals surface area (Å²) in [5.41, 5.74) is 2.73. The lowest BCUT2D eigenvalue weighted by atomic mass is 10.0. The third-order valence-corrected chi connectivity index (χ3v) is 4.82. The maximum atomic E-state index is 3.59. The van der Waals surface area contributed by atoms with Crippen molar-refractivity contribution in [3.05, 3.63) is 56.2 Å². The van der Waals surface area contributed by atoms with Gasteiger partial charge >= 0.3 is 0 Å². The standard InChI is InChI=1S/C16H20BrNS/c1-3-18-14(11-15-8-9-16(17)19-15)10-13-6-4-12(2)5-7-13/h4-9,14,18H,3,10-11H2,1-2H3. The van der Waals surface area contributed by atoms with Crippen molar-refractivity contribution in [1.82, 2.24) is 5.32 Å². The molecule has 1 N–H and O–H groups in total. The van der Waals surface area contributed by atoms with E-state index in [1.807, 2.05) is 11.3 Å². The first-order valence-corrected chi connectivity index (χ1v) is 8.31. The molecule has 1 unspecified atom stereocenters. The predicted octanol–water partition coefficient (Wildman–Crippen LogP) is 4.58. The zero-order chi connectivity index (χ0) is 13.7. The minimum Gasteiger partial charge on any atom is -0.314 e. The van der Waals surface area contributed by atoms with Gasteiger partial charge in [-0.05, 0) is 59.9 Å². The normalized spacial score (nSPS) is 12.6. The molecule has 1 nitrogen and oxygen atoms in total. The van der Waals surface area contributed by atoms with E-state index in [-0.39, 0.29) is 0 Å². The molecule has 0 aliphatic heterocycles. The van der Waals surface area contributed by atoms with Gasteiger partial charge in [-0.2, -0.15) is 0 Å². The smallest absolute Gasteiger partial charge is 0.0701 e. The molecule has 0 saturated heterocycles. The fourth-order valence-corrected chi connectivity index (χ4v) is 3.78. The highest BCUT2D eigenvalue weighted by Gasteiger charge is 2.11. The van der Waals surface area contributed by atoms with Crippen LogP contribution in [0.4, 0.5) is 0 Å². The number of rotatable bonds is 6. The summed E-state index contributed by atoms with van der Waals surface area (Å²) >= 11 is 5.37. The first-order valence-electron chi connectivity index (χ1n) is 6.70. The molecule has 0 saturated carbocycles. The molecule has 0 spiro atoms. The van der Waals surface area contributed by atoms with Crippen LogP contribution in [0.25, 0.3) is 0 Å². The Hall–Kier alpha value is -0.640. The lowest BCUT2D eigenvalue weighted by Gasteiger charge is -2.17. The largest absolute Gasteiger partial charge is 0.314 e. The molecule has 0 aliphatic rings. The summed E-state index contributed by atoms with van der Waals surface area (Å²) in [5, 5.41) is 3.59. The molecule has 1 atom stereocenters. The third-order valence-electron chi connectivity index (χ3n) is 3.17. The Balaban J connectivity index is 2.01. The first-order chi connectivity index (χ1) is 9.17. The molecular weight excluding hydrogens is 318 g/mol. The highest BCUT2D eigenvalue weighted by molar-refractivity contribution is 9.11. The molecule has 19 heavy (non-hydrogen) atoms. The van der Waals surface area contributed by atoms with Gasteiger partial charge in [-0.25, -0.2) is 0 Å². The zero-order valence-corrected chi connectivity index (χ0v) is 13.9. The zero-order valence-electron chi connectivity index (χ0n) is 11.4. The number of hydrogen-bond acceptors (Lipinski definition) is 2.